The number of halogens is 1. The van der Waals surface area contributed by atoms with Crippen LogP contribution in [0.5, 0.6) is 0 Å². The number of rotatable bonds is 2. The minimum absolute atomic E-state index is 0.165. The summed E-state index contributed by atoms with van der Waals surface area (Å²) in [5.74, 6) is -0.597. The van der Waals surface area contributed by atoms with E-state index in [1.165, 1.54) is 0 Å². The van der Waals surface area contributed by atoms with Crippen LogP contribution in [-0.4, -0.2) is 47.9 Å². The normalized spacial score (nSPS) is 31.3. The third-order valence-electron chi connectivity index (χ3n) is 6.32. The largest absolute Gasteiger partial charge is 0.363 e. The number of piperazine rings is 1. The van der Waals surface area contributed by atoms with Gasteiger partial charge in [-0.1, -0.05) is 0 Å². The highest BCUT2D eigenvalue weighted by Gasteiger charge is 2.37. The van der Waals surface area contributed by atoms with Crippen molar-refractivity contribution in [2.75, 3.05) is 18.0 Å². The SMILES string of the molecule is O=C1CCC(N2Cc3cc(F)c(N4CC5CCC4CN5)cc3C2)C(=O)N1. The predicted octanol–water partition coefficient (Wildman–Crippen LogP) is 0.887. The highest BCUT2D eigenvalue weighted by atomic mass is 19.1. The van der Waals surface area contributed by atoms with Crippen LogP contribution in [0.4, 0.5) is 10.1 Å². The molecular formula is C19H23FN4O2. The number of hydrogen-bond acceptors (Lipinski definition) is 5. The molecule has 4 saturated heterocycles. The molecule has 5 heterocycles. The van der Waals surface area contributed by atoms with Gasteiger partial charge in [-0.25, -0.2) is 4.39 Å². The molecule has 0 spiro atoms. The number of carbonyl (C=O) groups excluding carboxylic acids is 2. The Morgan fingerprint density at radius 3 is 2.54 bits per heavy atom. The van der Waals surface area contributed by atoms with Gasteiger partial charge < -0.3 is 10.2 Å². The Bertz CT molecular complexity index is 775. The Kier molecular flexibility index (Phi) is 3.76. The second-order valence-corrected chi connectivity index (χ2v) is 7.93. The molecule has 3 unspecified atom stereocenters. The second-order valence-electron chi connectivity index (χ2n) is 7.93. The van der Waals surface area contributed by atoms with Gasteiger partial charge in [0.25, 0.3) is 0 Å². The summed E-state index contributed by atoms with van der Waals surface area (Å²) in [5, 5.41) is 5.92. The minimum Gasteiger partial charge on any atom is -0.363 e. The van der Waals surface area contributed by atoms with Crippen LogP contribution in [0, 0.1) is 5.82 Å². The average molecular weight is 358 g/mol. The molecule has 0 aromatic heterocycles. The van der Waals surface area contributed by atoms with Crippen molar-refractivity contribution in [2.45, 2.75) is 56.9 Å². The van der Waals surface area contributed by atoms with Gasteiger partial charge in [-0.15, -0.1) is 0 Å². The number of imide groups is 1. The van der Waals surface area contributed by atoms with Crippen molar-refractivity contribution in [3.05, 3.63) is 29.1 Å². The number of carbonyl (C=O) groups is 2. The van der Waals surface area contributed by atoms with Crippen LogP contribution in [0.25, 0.3) is 0 Å². The van der Waals surface area contributed by atoms with Crippen molar-refractivity contribution >= 4 is 17.5 Å². The molecule has 26 heavy (non-hydrogen) atoms. The van der Waals surface area contributed by atoms with Gasteiger partial charge in [-0.2, -0.15) is 0 Å². The van der Waals surface area contributed by atoms with Crippen LogP contribution in [-0.2, 0) is 22.7 Å². The Morgan fingerprint density at radius 2 is 1.88 bits per heavy atom. The fraction of sp³-hybridized carbons (Fsp3) is 0.579. The first-order chi connectivity index (χ1) is 12.6. The van der Waals surface area contributed by atoms with E-state index in [4.69, 9.17) is 0 Å². The molecule has 4 fully saturated rings. The van der Waals surface area contributed by atoms with E-state index in [0.717, 1.165) is 37.1 Å². The smallest absolute Gasteiger partial charge is 0.243 e. The number of hydrogen-bond donors (Lipinski definition) is 2. The first-order valence-electron chi connectivity index (χ1n) is 9.47. The van der Waals surface area contributed by atoms with Crippen LogP contribution in [0.15, 0.2) is 12.1 Å². The lowest BCUT2D eigenvalue weighted by Gasteiger charge is -2.47. The molecule has 1 aromatic rings. The Balaban J connectivity index is 1.38. The molecule has 2 amide bonds. The van der Waals surface area contributed by atoms with Crippen LogP contribution in [0.2, 0.25) is 0 Å². The molecule has 5 aliphatic rings. The maximum Gasteiger partial charge on any atom is 0.243 e. The zero-order valence-electron chi connectivity index (χ0n) is 14.6. The van der Waals surface area contributed by atoms with Crippen LogP contribution < -0.4 is 15.5 Å². The Morgan fingerprint density at radius 1 is 1.08 bits per heavy atom. The van der Waals surface area contributed by atoms with E-state index in [2.05, 4.69) is 20.4 Å². The van der Waals surface area contributed by atoms with E-state index in [1.807, 2.05) is 6.07 Å². The lowest BCUT2D eigenvalue weighted by Crippen LogP contribution is -2.61. The summed E-state index contributed by atoms with van der Waals surface area (Å²) in [7, 11) is 0. The number of piperidine rings is 3. The van der Waals surface area contributed by atoms with Gasteiger partial charge >= 0.3 is 0 Å². The van der Waals surface area contributed by atoms with E-state index in [1.54, 1.807) is 6.07 Å². The summed E-state index contributed by atoms with van der Waals surface area (Å²) in [6.07, 6.45) is 3.18. The van der Waals surface area contributed by atoms with Crippen LogP contribution in [0.3, 0.4) is 0 Å². The van der Waals surface area contributed by atoms with Gasteiger partial charge in [0.1, 0.15) is 5.82 Å². The van der Waals surface area contributed by atoms with Crippen molar-refractivity contribution in [1.29, 1.82) is 0 Å². The monoisotopic (exact) mass is 358 g/mol. The van der Waals surface area contributed by atoms with Crippen molar-refractivity contribution < 1.29 is 14.0 Å². The van der Waals surface area contributed by atoms with E-state index >= 15 is 0 Å². The number of amides is 2. The minimum atomic E-state index is -0.304. The van der Waals surface area contributed by atoms with E-state index in [0.29, 0.717) is 43.7 Å². The van der Waals surface area contributed by atoms with Gasteiger partial charge in [0, 0.05) is 44.7 Å². The summed E-state index contributed by atoms with van der Waals surface area (Å²) < 4.78 is 14.8. The molecule has 0 radical (unpaired) electrons. The standard InChI is InChI=1S/C19H23FN4O2/c20-15-5-11-8-23(16-3-4-18(25)22-19(16)26)9-12(11)6-17(15)24-10-13-1-2-14(24)7-21-13/h5-6,13-14,16,21H,1-4,7-10H2,(H,22,25,26). The molecule has 7 heteroatoms. The van der Waals surface area contributed by atoms with E-state index in [-0.39, 0.29) is 23.7 Å². The van der Waals surface area contributed by atoms with Crippen molar-refractivity contribution in [3.63, 3.8) is 0 Å². The highest BCUT2D eigenvalue weighted by Crippen LogP contribution is 2.35. The summed E-state index contributed by atoms with van der Waals surface area (Å²) in [6, 6.07) is 4.14. The quantitative estimate of drug-likeness (QED) is 0.769. The fourth-order valence-electron chi connectivity index (χ4n) is 4.91. The molecule has 2 N–H and O–H groups in total. The molecule has 6 rings (SSSR count). The van der Waals surface area contributed by atoms with Gasteiger partial charge in [0.2, 0.25) is 11.8 Å². The molecule has 0 saturated carbocycles. The third kappa shape index (κ3) is 2.61. The Labute approximate surface area is 151 Å². The molecular weight excluding hydrogens is 335 g/mol. The molecule has 1 aromatic carbocycles. The number of benzene rings is 1. The van der Waals surface area contributed by atoms with E-state index in [9.17, 15) is 14.0 Å². The zero-order valence-corrected chi connectivity index (χ0v) is 14.6. The molecule has 0 aliphatic carbocycles. The van der Waals surface area contributed by atoms with Crippen molar-refractivity contribution in [1.82, 2.24) is 15.5 Å². The van der Waals surface area contributed by atoms with Crippen molar-refractivity contribution in [3.8, 4) is 0 Å². The first-order valence-corrected chi connectivity index (χ1v) is 9.47. The number of nitrogens with one attached hydrogen (secondary N) is 2. The molecule has 138 valence electrons. The number of nitrogens with zero attached hydrogens (tertiary/aromatic N) is 2. The number of anilines is 1. The average Bonchev–Trinajstić information content (AvgIpc) is 3.04. The Hall–Kier alpha value is -1.99. The molecule has 5 aliphatic heterocycles. The predicted molar refractivity (Wildman–Crippen MR) is 94.0 cm³/mol. The van der Waals surface area contributed by atoms with Crippen LogP contribution in [0.1, 0.15) is 36.8 Å². The van der Waals surface area contributed by atoms with Gasteiger partial charge in [-0.3, -0.25) is 19.8 Å². The fourth-order valence-corrected chi connectivity index (χ4v) is 4.91. The van der Waals surface area contributed by atoms with Gasteiger partial charge in [0.05, 0.1) is 11.7 Å². The topological polar surface area (TPSA) is 64.7 Å². The van der Waals surface area contributed by atoms with E-state index < -0.39 is 0 Å². The lowest BCUT2D eigenvalue weighted by atomic mass is 9.92. The van der Waals surface area contributed by atoms with Gasteiger partial charge in [0.15, 0.2) is 0 Å². The van der Waals surface area contributed by atoms with Crippen LogP contribution >= 0.6 is 0 Å². The van der Waals surface area contributed by atoms with Crippen molar-refractivity contribution in [2.24, 2.45) is 0 Å². The summed E-state index contributed by atoms with van der Waals surface area (Å²) in [4.78, 5) is 27.8. The van der Waals surface area contributed by atoms with Gasteiger partial charge in [-0.05, 0) is 42.5 Å². The number of fused-ring (bicyclic) bond motifs is 4. The maximum absolute atomic E-state index is 14.8. The lowest BCUT2D eigenvalue weighted by molar-refractivity contribution is -0.137. The third-order valence-corrected chi connectivity index (χ3v) is 6.32. The highest BCUT2D eigenvalue weighted by molar-refractivity contribution is 6.00. The molecule has 6 nitrogen and oxygen atoms in total. The second kappa shape index (κ2) is 6.03. The summed E-state index contributed by atoms with van der Waals surface area (Å²) >= 11 is 0. The molecule has 2 bridgehead atoms. The summed E-state index contributed by atoms with van der Waals surface area (Å²) in [5.41, 5.74) is 2.75. The first kappa shape index (κ1) is 16.2. The maximum atomic E-state index is 14.8. The zero-order chi connectivity index (χ0) is 17.8. The molecule has 3 atom stereocenters. The summed E-state index contributed by atoms with van der Waals surface area (Å²) in [6.45, 7) is 2.97.